The van der Waals surface area contributed by atoms with E-state index in [4.69, 9.17) is 77.3 Å². The number of imidazole rings is 1. The van der Waals surface area contributed by atoms with Gasteiger partial charge in [-0.3, -0.25) is 67.4 Å². The van der Waals surface area contributed by atoms with Crippen molar-refractivity contribution in [3.8, 4) is 22.5 Å². The van der Waals surface area contributed by atoms with Crippen molar-refractivity contribution in [2.24, 2.45) is 99.7 Å². The van der Waals surface area contributed by atoms with Gasteiger partial charge in [0.2, 0.25) is 41.4 Å². The third-order valence-electron chi connectivity index (χ3n) is 28.7. The molecule has 2 aliphatic carbocycles. The number of benzene rings is 4. The van der Waals surface area contributed by atoms with Gasteiger partial charge in [0, 0.05) is 190 Å². The van der Waals surface area contributed by atoms with Crippen molar-refractivity contribution >= 4 is 106 Å². The molecule has 3 aromatic carbocycles. The first kappa shape index (κ1) is 96.3. The number of carbonyl (C=O) groups excluding carboxylic acids is 9. The normalized spacial score (nSPS) is 29.2. The molecular weight excluding hydrogens is 1680 g/mol. The molecule has 3 fully saturated rings. The molecule has 13 rings (SSSR count). The summed E-state index contributed by atoms with van der Waals surface area (Å²) in [6.45, 7) is 28.7. The lowest BCUT2D eigenvalue weighted by Crippen LogP contribution is -2.59. The van der Waals surface area contributed by atoms with Crippen LogP contribution in [0.4, 0.5) is 10.5 Å². The van der Waals surface area contributed by atoms with Crippen molar-refractivity contribution < 1.29 is 80.7 Å². The number of phosphoric acid groups is 1. The number of aliphatic hydroxyl groups excluding tert-OH is 1. The minimum Gasteiger partial charge on any atom is -0.456 e. The van der Waals surface area contributed by atoms with Crippen LogP contribution in [-0.2, 0) is 56.6 Å². The number of aliphatic hydroxyl groups is 1. The van der Waals surface area contributed by atoms with Gasteiger partial charge in [-0.25, -0.2) is 14.3 Å². The summed E-state index contributed by atoms with van der Waals surface area (Å²) in [5, 5.41) is 30.3. The van der Waals surface area contributed by atoms with Crippen molar-refractivity contribution in [2.45, 2.75) is 254 Å². The lowest BCUT2D eigenvalue weighted by Gasteiger charge is -2.48. The van der Waals surface area contributed by atoms with E-state index in [9.17, 15) is 57.7 Å². The number of aryl methyl sites for hydroxylation is 4. The highest BCUT2D eigenvalue weighted by molar-refractivity contribution is 7.47. The maximum Gasteiger partial charge on any atom is 0.472 e. The van der Waals surface area contributed by atoms with Crippen LogP contribution >= 0.6 is 7.82 Å². The predicted molar refractivity (Wildman–Crippen MR) is 493 cm³/mol. The number of aromatic nitrogens is 2. The highest BCUT2D eigenvalue weighted by atomic mass is 31.2. The van der Waals surface area contributed by atoms with Gasteiger partial charge < -0.3 is 89.4 Å². The largest absolute Gasteiger partial charge is 0.472 e. The molecule has 4 aromatic rings. The number of nitrogens with two attached hydrogens (primary N) is 6. The zero-order chi connectivity index (χ0) is 94.5. The average Bonchev–Trinajstić information content (AvgIpc) is 1.52. The van der Waals surface area contributed by atoms with Gasteiger partial charge in [-0.2, -0.15) is 0 Å². The van der Waals surface area contributed by atoms with Gasteiger partial charge in [0.15, 0.2) is 6.23 Å². The van der Waals surface area contributed by atoms with E-state index in [0.29, 0.717) is 112 Å². The van der Waals surface area contributed by atoms with Gasteiger partial charge in [0.05, 0.1) is 46.1 Å². The third kappa shape index (κ3) is 19.1. The molecule has 698 valence electrons. The molecule has 130 heavy (non-hydrogen) atoms. The number of aliphatic imine (C=N–C) groups is 3. The molecule has 8 heterocycles. The highest BCUT2D eigenvalue weighted by Gasteiger charge is 2.67. The number of phosphoric ester groups is 1. The quantitative estimate of drug-likeness (QED) is 0.0132. The predicted octanol–water partition coefficient (Wildman–Crippen LogP) is 10.1. The lowest BCUT2D eigenvalue weighted by atomic mass is 9.56. The molecule has 9 aliphatic rings. The summed E-state index contributed by atoms with van der Waals surface area (Å²) in [5.74, 6) is -7.10. The zero-order valence-corrected chi connectivity index (χ0v) is 77.8. The Labute approximate surface area is 756 Å². The van der Waals surface area contributed by atoms with Crippen molar-refractivity contribution in [2.75, 3.05) is 31.6 Å². The summed E-state index contributed by atoms with van der Waals surface area (Å²) in [5.41, 5.74) is 43.6. The minimum atomic E-state index is -5.30. The van der Waals surface area contributed by atoms with Crippen LogP contribution in [0, 0.1) is 73.0 Å². The Balaban J connectivity index is 0.732. The van der Waals surface area contributed by atoms with Crippen LogP contribution in [0.25, 0.3) is 44.5 Å². The highest BCUT2D eigenvalue weighted by Crippen LogP contribution is 2.63. The van der Waals surface area contributed by atoms with Crippen molar-refractivity contribution in [1.82, 2.24) is 30.8 Å². The first-order valence-electron chi connectivity index (χ1n) is 45.0. The second-order valence-corrected chi connectivity index (χ2v) is 39.4. The third-order valence-corrected chi connectivity index (χ3v) is 29.9. The standard InChI is InChI=1S/C95H126N17O17P/c1-16-102-64-39-69-58(34-49(64)5)80(59-35-50(6)65(103-17-2)40-70(59)126-69)56-20-18-19-21-57(56)88(121)106-54-22-24-55(25-23-54)107-90(122)125-45-71-84(83(120)89(127-71)112-46-105-67-36-47(3)48(4)37-68(67)112)129-130(123,124)128-51(7)44-104-79(119)32-33-92(12)63(38-76(99)116)87-95(15)94(14,43-78(101)118)62(28-31-75(98)115)82(111-95)53(9)86-93(13,42-77(100)117)60(26-29-73(96)113)66(108-86)41-72-91(10,11)61(27-30-74(97)114)81(109-72)52(8)85(92)110-87/h18-21,34-37,39-41,46,51,54-55,60-63,71,83-84,87,89,102,110,120H,16-17,22-33,38,42-45H2,1-15H3,(H2,96,113)(H2,97,114)(H2,98,115)(H2,99,116)(H2,100,117)(H2,101,118)(H,104,119)(H,106,121)(H,107,122)(H,123,124)/b72-41-,85-52-,86-53-,103-65?/t51-,54?,55?,60-,61+,62-,63+,71-,83-,84-,87+,89+,92-,93+,94+,95+/m1/s1. The van der Waals surface area contributed by atoms with E-state index in [1.54, 1.807) is 11.5 Å². The van der Waals surface area contributed by atoms with Crippen LogP contribution in [0.1, 0.15) is 211 Å². The number of amides is 9. The number of nitrogens with one attached hydrogen (secondary N) is 5. The molecule has 0 spiro atoms. The summed E-state index contributed by atoms with van der Waals surface area (Å²) < 4.78 is 46.7. The Morgan fingerprint density at radius 3 is 2.01 bits per heavy atom. The van der Waals surface area contributed by atoms with E-state index < -0.39 is 149 Å². The van der Waals surface area contributed by atoms with E-state index in [1.165, 1.54) is 13.3 Å². The van der Waals surface area contributed by atoms with E-state index in [2.05, 4.69) is 43.7 Å². The van der Waals surface area contributed by atoms with Crippen LogP contribution in [-0.4, -0.2) is 164 Å². The molecule has 35 heteroatoms. The number of nitrogens with zero attached hydrogens (tertiary/aromatic N) is 6. The number of primary amides is 6. The molecule has 1 aromatic heterocycles. The fraction of sp³-hybridized carbons (Fsp3) is 0.537. The first-order valence-corrected chi connectivity index (χ1v) is 46.5. The van der Waals surface area contributed by atoms with Crippen LogP contribution < -0.4 is 66.3 Å². The molecule has 7 aliphatic heterocycles. The summed E-state index contributed by atoms with van der Waals surface area (Å²) >= 11 is 0. The molecule has 19 N–H and O–H groups in total. The Hall–Kier alpha value is -11.3. The Morgan fingerprint density at radius 2 is 1.36 bits per heavy atom. The van der Waals surface area contributed by atoms with Gasteiger partial charge in [0.1, 0.15) is 36.3 Å². The molecule has 2 saturated heterocycles. The molecule has 15 atom stereocenters. The number of anilines is 1. The maximum absolute atomic E-state index is 14.8. The Morgan fingerprint density at radius 1 is 0.715 bits per heavy atom. The first-order chi connectivity index (χ1) is 61.2. The van der Waals surface area contributed by atoms with Gasteiger partial charge in [-0.1, -0.05) is 52.8 Å². The average molecular weight is 1810 g/mol. The maximum atomic E-state index is 14.8. The van der Waals surface area contributed by atoms with Crippen LogP contribution in [0.5, 0.6) is 0 Å². The Kier molecular flexibility index (Phi) is 28.1. The molecular formula is C95H126N17O17P. The number of ether oxygens (including phenoxy) is 2. The van der Waals surface area contributed by atoms with E-state index in [1.807, 2.05) is 145 Å². The fourth-order valence-electron chi connectivity index (χ4n) is 21.6. The van der Waals surface area contributed by atoms with Crippen LogP contribution in [0.15, 0.2) is 126 Å². The molecule has 34 nitrogen and oxygen atoms in total. The van der Waals surface area contributed by atoms with E-state index in [-0.39, 0.29) is 95.2 Å². The summed E-state index contributed by atoms with van der Waals surface area (Å²) in [6.07, 6.45) is -4.21. The summed E-state index contributed by atoms with van der Waals surface area (Å²) in [7, 11) is -5.30. The smallest absolute Gasteiger partial charge is 0.456 e. The second kappa shape index (κ2) is 37.9. The molecule has 9 amide bonds. The number of hydrogen-bond donors (Lipinski definition) is 13. The van der Waals surface area contributed by atoms with Crippen molar-refractivity contribution in [3.05, 3.63) is 134 Å². The van der Waals surface area contributed by atoms with Gasteiger partial charge in [0.25, 0.3) is 5.91 Å². The van der Waals surface area contributed by atoms with Gasteiger partial charge in [-0.05, 0) is 196 Å². The topological polar surface area (TPSA) is 545 Å². The number of carbonyl (C=O) groups is 9. The number of rotatable bonds is 34. The molecule has 1 saturated carbocycles. The zero-order valence-electron chi connectivity index (χ0n) is 76.9. The molecule has 8 bridgehead atoms. The van der Waals surface area contributed by atoms with E-state index >= 15 is 0 Å². The minimum absolute atomic E-state index is 0.0304. The van der Waals surface area contributed by atoms with Gasteiger partial charge in [-0.15, -0.1) is 0 Å². The van der Waals surface area contributed by atoms with Crippen molar-refractivity contribution in [3.63, 3.8) is 0 Å². The van der Waals surface area contributed by atoms with Crippen LogP contribution in [0.3, 0.4) is 0 Å². The van der Waals surface area contributed by atoms with Crippen LogP contribution in [0.2, 0.25) is 0 Å². The Bertz CT molecular complexity index is 5840. The number of allylic oxidation sites excluding steroid dienone is 6. The number of hydrogen-bond acceptors (Lipinski definition) is 23. The van der Waals surface area contributed by atoms with Crippen molar-refractivity contribution in [1.29, 1.82) is 0 Å². The number of fused-ring (bicyclic) bond motifs is 9. The SMILES string of the molecule is CCN=c1cc2oc3cc(NCC)c(C)cc3c(-c3ccccc3C(=O)NC3CCC(NC(=O)OC[C@H]4O[C@H](n5cnc6cc(C)c(C)cc65)[C@H](O)[C@@H]4OP(=O)(O)O[C@H](C)CNC(=O)CC[C@@]4(C)/C5=C(\C)C6=N/C(=C\C7=NC(=C(/C)C8=N[C@@](C)([C@@H](N5)[C@@H]4CC(N)=O)[C@@](C)(CC(N)=O)[C@@H]8CCC(N)=O)/[C@@](C)(CC(N)=O)[C@@H]7CCC(N)=O)C(C)(C)[C@H]6CCC(N)=O)CC3)c-2cc1C. The molecule has 1 unspecified atom stereocenters. The molecule has 0 radical (unpaired) electrons. The lowest BCUT2D eigenvalue weighted by molar-refractivity contribution is -0.124. The summed E-state index contributed by atoms with van der Waals surface area (Å²) in [4.78, 5) is 161. The van der Waals surface area contributed by atoms with Gasteiger partial charge >= 0.3 is 13.9 Å². The summed E-state index contributed by atoms with van der Waals surface area (Å²) in [6, 6.07) is 17.8. The second-order valence-electron chi connectivity index (χ2n) is 38.0. The number of alkyl carbamates (subject to hydrolysis) is 1. The monoisotopic (exact) mass is 1810 g/mol. The fourth-order valence-corrected chi connectivity index (χ4v) is 22.7. The van der Waals surface area contributed by atoms with E-state index in [0.717, 1.165) is 55.4 Å².